The predicted molar refractivity (Wildman–Crippen MR) is 100 cm³/mol. The van der Waals surface area contributed by atoms with Crippen LogP contribution in [-0.2, 0) is 16.6 Å². The van der Waals surface area contributed by atoms with E-state index in [2.05, 4.69) is 10.0 Å². The summed E-state index contributed by atoms with van der Waals surface area (Å²) in [6.07, 6.45) is 1.45. The molecule has 3 aromatic rings. The van der Waals surface area contributed by atoms with Gasteiger partial charge >= 0.3 is 0 Å². The molecule has 3 rings (SSSR count). The molecule has 2 aromatic carbocycles. The summed E-state index contributed by atoms with van der Waals surface area (Å²) in [5, 5.41) is 23.0. The molecule has 0 saturated heterocycles. The molecule has 0 spiro atoms. The zero-order valence-corrected chi connectivity index (χ0v) is 15.1. The van der Waals surface area contributed by atoms with E-state index in [1.165, 1.54) is 30.5 Å². The molecule has 0 radical (unpaired) electrons. The first-order valence-electron chi connectivity index (χ1n) is 7.97. The first-order chi connectivity index (χ1) is 13.4. The van der Waals surface area contributed by atoms with Gasteiger partial charge in [0.25, 0.3) is 5.69 Å². The lowest BCUT2D eigenvalue weighted by Gasteiger charge is -2.11. The van der Waals surface area contributed by atoms with Gasteiger partial charge in [-0.05, 0) is 36.4 Å². The van der Waals surface area contributed by atoms with Crippen molar-refractivity contribution < 1.29 is 17.8 Å². The average molecular weight is 398 g/mol. The van der Waals surface area contributed by atoms with Gasteiger partial charge in [0.05, 0.1) is 33.9 Å². The molecular weight excluding hydrogens is 384 g/mol. The maximum atomic E-state index is 12.5. The number of sulfonamides is 1. The van der Waals surface area contributed by atoms with E-state index in [1.807, 2.05) is 6.07 Å². The number of furan rings is 1. The van der Waals surface area contributed by atoms with Crippen LogP contribution in [0.25, 0.3) is 0 Å². The number of hydrogen-bond acceptors (Lipinski definition) is 7. The Morgan fingerprint density at radius 3 is 2.64 bits per heavy atom. The maximum absolute atomic E-state index is 12.5. The van der Waals surface area contributed by atoms with Crippen LogP contribution < -0.4 is 10.0 Å². The Kier molecular flexibility index (Phi) is 5.39. The molecule has 1 aromatic heterocycles. The molecule has 28 heavy (non-hydrogen) atoms. The van der Waals surface area contributed by atoms with Crippen LogP contribution in [0.5, 0.6) is 0 Å². The standard InChI is InChI=1S/C18H14N4O5S/c19-11-13-9-15(22(23)24)6-7-18(13)21-14-3-1-5-17(10-14)28(25,26)20-12-16-4-2-8-27-16/h1-10,20-21H,12H2. The van der Waals surface area contributed by atoms with Crippen molar-refractivity contribution in [1.29, 1.82) is 5.26 Å². The van der Waals surface area contributed by atoms with E-state index in [1.54, 1.807) is 24.3 Å². The van der Waals surface area contributed by atoms with E-state index in [9.17, 15) is 23.8 Å². The molecule has 1 heterocycles. The van der Waals surface area contributed by atoms with Crippen molar-refractivity contribution >= 4 is 27.1 Å². The van der Waals surface area contributed by atoms with Gasteiger partial charge < -0.3 is 9.73 Å². The van der Waals surface area contributed by atoms with Crippen LogP contribution in [0.2, 0.25) is 0 Å². The quantitative estimate of drug-likeness (QED) is 0.460. The fourth-order valence-electron chi connectivity index (χ4n) is 2.41. The number of nitro groups is 1. The third-order valence-electron chi connectivity index (χ3n) is 3.77. The van der Waals surface area contributed by atoms with Crippen molar-refractivity contribution in [2.24, 2.45) is 0 Å². The summed E-state index contributed by atoms with van der Waals surface area (Å²) in [4.78, 5) is 10.3. The Morgan fingerprint density at radius 1 is 1.14 bits per heavy atom. The number of hydrogen-bond donors (Lipinski definition) is 2. The monoisotopic (exact) mass is 398 g/mol. The number of nitriles is 1. The van der Waals surface area contributed by atoms with Crippen LogP contribution in [0.4, 0.5) is 17.1 Å². The van der Waals surface area contributed by atoms with Crippen molar-refractivity contribution in [2.75, 3.05) is 5.32 Å². The topological polar surface area (TPSA) is 138 Å². The summed E-state index contributed by atoms with van der Waals surface area (Å²) < 4.78 is 32.5. The summed E-state index contributed by atoms with van der Waals surface area (Å²) in [7, 11) is -3.79. The molecular formula is C18H14N4O5S. The Hall–Kier alpha value is -3.68. The SMILES string of the molecule is N#Cc1cc([N+](=O)[O-])ccc1Nc1cccc(S(=O)(=O)NCc2ccco2)c1. The Bertz CT molecular complexity index is 1150. The van der Waals surface area contributed by atoms with E-state index in [0.717, 1.165) is 6.07 Å². The van der Waals surface area contributed by atoms with Gasteiger partial charge in [0.1, 0.15) is 11.8 Å². The van der Waals surface area contributed by atoms with Crippen LogP contribution in [-0.4, -0.2) is 13.3 Å². The molecule has 0 atom stereocenters. The Morgan fingerprint density at radius 2 is 1.96 bits per heavy atom. The number of anilines is 2. The van der Waals surface area contributed by atoms with Gasteiger partial charge in [-0.2, -0.15) is 5.26 Å². The number of non-ortho nitro benzene ring substituents is 1. The van der Waals surface area contributed by atoms with E-state index < -0.39 is 14.9 Å². The zero-order valence-electron chi connectivity index (χ0n) is 14.3. The lowest BCUT2D eigenvalue weighted by molar-refractivity contribution is -0.384. The van der Waals surface area contributed by atoms with Crippen molar-refractivity contribution in [3.63, 3.8) is 0 Å². The maximum Gasteiger partial charge on any atom is 0.270 e. The highest BCUT2D eigenvalue weighted by atomic mass is 32.2. The second-order valence-electron chi connectivity index (χ2n) is 5.66. The van der Waals surface area contributed by atoms with Crippen LogP contribution in [0.1, 0.15) is 11.3 Å². The molecule has 0 aliphatic rings. The third-order valence-corrected chi connectivity index (χ3v) is 5.17. The second kappa shape index (κ2) is 7.91. The second-order valence-corrected chi connectivity index (χ2v) is 7.42. The van der Waals surface area contributed by atoms with E-state index in [4.69, 9.17) is 4.42 Å². The van der Waals surface area contributed by atoms with E-state index in [0.29, 0.717) is 17.1 Å². The molecule has 10 heteroatoms. The lowest BCUT2D eigenvalue weighted by atomic mass is 10.1. The Labute approximate surface area is 160 Å². The number of nitrogens with zero attached hydrogens (tertiary/aromatic N) is 2. The van der Waals surface area contributed by atoms with Gasteiger partial charge in [0, 0.05) is 17.8 Å². The molecule has 0 saturated carbocycles. The highest BCUT2D eigenvalue weighted by Gasteiger charge is 2.16. The summed E-state index contributed by atoms with van der Waals surface area (Å²) >= 11 is 0. The molecule has 0 aliphatic heterocycles. The summed E-state index contributed by atoms with van der Waals surface area (Å²) in [5.74, 6) is 0.474. The van der Waals surface area contributed by atoms with Gasteiger partial charge in [-0.15, -0.1) is 0 Å². The highest BCUT2D eigenvalue weighted by Crippen LogP contribution is 2.26. The lowest BCUT2D eigenvalue weighted by Crippen LogP contribution is -2.23. The highest BCUT2D eigenvalue weighted by molar-refractivity contribution is 7.89. The minimum absolute atomic E-state index is 0.00786. The minimum Gasteiger partial charge on any atom is -0.468 e. The van der Waals surface area contributed by atoms with Gasteiger partial charge in [-0.3, -0.25) is 10.1 Å². The summed E-state index contributed by atoms with van der Waals surface area (Å²) in [6, 6.07) is 15.0. The fraction of sp³-hybridized carbons (Fsp3) is 0.0556. The van der Waals surface area contributed by atoms with Gasteiger partial charge in [-0.25, -0.2) is 13.1 Å². The number of nitro benzene ring substituents is 1. The van der Waals surface area contributed by atoms with Crippen molar-refractivity contribution in [3.05, 3.63) is 82.3 Å². The molecule has 0 unspecified atom stereocenters. The van der Waals surface area contributed by atoms with Gasteiger partial charge in [0.15, 0.2) is 0 Å². The number of rotatable bonds is 7. The predicted octanol–water partition coefficient (Wildman–Crippen LogP) is 3.28. The first kappa shape index (κ1) is 19.1. The molecule has 0 fully saturated rings. The van der Waals surface area contributed by atoms with Gasteiger partial charge in [-0.1, -0.05) is 6.07 Å². The molecule has 142 valence electrons. The minimum atomic E-state index is -3.79. The van der Waals surface area contributed by atoms with Crippen molar-refractivity contribution in [2.45, 2.75) is 11.4 Å². The molecule has 9 nitrogen and oxygen atoms in total. The van der Waals surface area contributed by atoms with Crippen molar-refractivity contribution in [1.82, 2.24) is 4.72 Å². The number of benzene rings is 2. The van der Waals surface area contributed by atoms with Crippen LogP contribution in [0.15, 0.2) is 70.2 Å². The molecule has 0 amide bonds. The molecule has 0 aliphatic carbocycles. The summed E-state index contributed by atoms with van der Waals surface area (Å²) in [5.41, 5.74) is 0.594. The number of nitrogens with one attached hydrogen (secondary N) is 2. The van der Waals surface area contributed by atoms with Crippen LogP contribution in [0.3, 0.4) is 0 Å². The van der Waals surface area contributed by atoms with E-state index >= 15 is 0 Å². The normalized spacial score (nSPS) is 11.0. The summed E-state index contributed by atoms with van der Waals surface area (Å²) in [6.45, 7) is 0.00786. The van der Waals surface area contributed by atoms with Crippen molar-refractivity contribution in [3.8, 4) is 6.07 Å². The van der Waals surface area contributed by atoms with Gasteiger partial charge in [0.2, 0.25) is 10.0 Å². The van der Waals surface area contributed by atoms with Crippen LogP contribution in [0, 0.1) is 21.4 Å². The molecule has 2 N–H and O–H groups in total. The third kappa shape index (κ3) is 4.35. The smallest absolute Gasteiger partial charge is 0.270 e. The van der Waals surface area contributed by atoms with Crippen LogP contribution >= 0.6 is 0 Å². The largest absolute Gasteiger partial charge is 0.468 e. The zero-order chi connectivity index (χ0) is 20.1. The molecule has 0 bridgehead atoms. The average Bonchev–Trinajstić information content (AvgIpc) is 3.20. The fourth-order valence-corrected chi connectivity index (χ4v) is 3.45. The van der Waals surface area contributed by atoms with E-state index in [-0.39, 0.29) is 22.7 Å². The Balaban J connectivity index is 1.82. The first-order valence-corrected chi connectivity index (χ1v) is 9.45.